The lowest BCUT2D eigenvalue weighted by molar-refractivity contribution is -0.130. The maximum atomic E-state index is 12.3. The molecule has 4 nitrogen and oxygen atoms in total. The second kappa shape index (κ2) is 8.34. The Morgan fingerprint density at radius 1 is 1.04 bits per heavy atom. The van der Waals surface area contributed by atoms with Crippen molar-refractivity contribution in [3.63, 3.8) is 0 Å². The van der Waals surface area contributed by atoms with E-state index in [0.29, 0.717) is 23.7 Å². The van der Waals surface area contributed by atoms with E-state index in [1.165, 1.54) is 0 Å². The minimum absolute atomic E-state index is 0.0357. The van der Waals surface area contributed by atoms with Crippen LogP contribution in [0.15, 0.2) is 54.6 Å². The average Bonchev–Trinajstić information content (AvgIpc) is 2.59. The van der Waals surface area contributed by atoms with Gasteiger partial charge >= 0.3 is 0 Å². The number of hydrogen-bond donors (Lipinski definition) is 1. The van der Waals surface area contributed by atoms with E-state index >= 15 is 0 Å². The van der Waals surface area contributed by atoms with Gasteiger partial charge in [-0.3, -0.25) is 9.59 Å². The Labute approximate surface area is 141 Å². The summed E-state index contributed by atoms with van der Waals surface area (Å²) >= 11 is 6.13. The number of rotatable bonds is 6. The first-order chi connectivity index (χ1) is 11.1. The highest BCUT2D eigenvalue weighted by atomic mass is 35.5. The van der Waals surface area contributed by atoms with Gasteiger partial charge in [-0.05, 0) is 30.7 Å². The fraction of sp³-hybridized carbons (Fsp3) is 0.222. The van der Waals surface area contributed by atoms with Crippen LogP contribution in [0.25, 0.3) is 0 Å². The van der Waals surface area contributed by atoms with E-state index in [1.807, 2.05) is 31.2 Å². The van der Waals surface area contributed by atoms with E-state index in [9.17, 15) is 9.59 Å². The van der Waals surface area contributed by atoms with E-state index in [4.69, 9.17) is 11.6 Å². The highest BCUT2D eigenvalue weighted by Gasteiger charge is 2.15. The van der Waals surface area contributed by atoms with Crippen molar-refractivity contribution >= 4 is 23.4 Å². The number of hydrogen-bond acceptors (Lipinski definition) is 2. The Kier molecular flexibility index (Phi) is 6.18. The molecule has 1 N–H and O–H groups in total. The number of nitrogens with zero attached hydrogens (tertiary/aromatic N) is 1. The molecule has 0 aromatic heterocycles. The molecule has 0 fully saturated rings. The number of likely N-dealkylation sites (N-methyl/N-ethyl adjacent to an activating group) is 1. The molecule has 5 heteroatoms. The fourth-order valence-corrected chi connectivity index (χ4v) is 2.36. The highest BCUT2D eigenvalue weighted by molar-refractivity contribution is 6.31. The molecule has 2 rings (SSSR count). The molecule has 0 atom stereocenters. The van der Waals surface area contributed by atoms with Gasteiger partial charge < -0.3 is 10.2 Å². The predicted molar refractivity (Wildman–Crippen MR) is 91.3 cm³/mol. The maximum absolute atomic E-state index is 12.3. The Hall–Kier alpha value is -2.33. The Balaban J connectivity index is 1.93. The summed E-state index contributed by atoms with van der Waals surface area (Å²) in [4.78, 5) is 25.9. The van der Waals surface area contributed by atoms with Crippen LogP contribution in [0.4, 0.5) is 0 Å². The van der Waals surface area contributed by atoms with Crippen LogP contribution in [0.2, 0.25) is 5.02 Å². The first kappa shape index (κ1) is 17.0. The van der Waals surface area contributed by atoms with Gasteiger partial charge in [0.1, 0.15) is 0 Å². The van der Waals surface area contributed by atoms with E-state index in [2.05, 4.69) is 5.32 Å². The van der Waals surface area contributed by atoms with Crippen LogP contribution in [0.1, 0.15) is 22.8 Å². The molecule has 2 amide bonds. The first-order valence-electron chi connectivity index (χ1n) is 7.46. The van der Waals surface area contributed by atoms with Crippen LogP contribution in [0.5, 0.6) is 0 Å². The van der Waals surface area contributed by atoms with E-state index in [1.54, 1.807) is 35.2 Å². The van der Waals surface area contributed by atoms with Crippen LogP contribution in [-0.2, 0) is 11.3 Å². The quantitative estimate of drug-likeness (QED) is 0.884. The summed E-state index contributed by atoms with van der Waals surface area (Å²) < 4.78 is 0. The molecule has 0 saturated heterocycles. The smallest absolute Gasteiger partial charge is 0.251 e. The van der Waals surface area contributed by atoms with Gasteiger partial charge in [-0.1, -0.05) is 48.0 Å². The summed E-state index contributed by atoms with van der Waals surface area (Å²) in [6.45, 7) is 2.83. The van der Waals surface area contributed by atoms with Gasteiger partial charge in [-0.25, -0.2) is 0 Å². The summed E-state index contributed by atoms with van der Waals surface area (Å²) in [7, 11) is 0. The molecule has 0 bridgehead atoms. The lowest BCUT2D eigenvalue weighted by atomic mass is 10.2. The standard InChI is InChI=1S/C18H19ClN2O2/c1-2-21(13-15-10-6-7-11-16(15)19)17(22)12-20-18(23)14-8-4-3-5-9-14/h3-11H,2,12-13H2,1H3,(H,20,23). The largest absolute Gasteiger partial charge is 0.343 e. The fourth-order valence-electron chi connectivity index (χ4n) is 2.17. The lowest BCUT2D eigenvalue weighted by Crippen LogP contribution is -2.39. The van der Waals surface area contributed by atoms with Crippen molar-refractivity contribution in [1.82, 2.24) is 10.2 Å². The van der Waals surface area contributed by atoms with Gasteiger partial charge in [0.25, 0.3) is 5.91 Å². The van der Waals surface area contributed by atoms with Crippen molar-refractivity contribution < 1.29 is 9.59 Å². The van der Waals surface area contributed by atoms with Crippen LogP contribution < -0.4 is 5.32 Å². The van der Waals surface area contributed by atoms with Crippen LogP contribution in [-0.4, -0.2) is 29.8 Å². The monoisotopic (exact) mass is 330 g/mol. The zero-order chi connectivity index (χ0) is 16.7. The summed E-state index contributed by atoms with van der Waals surface area (Å²) in [6, 6.07) is 16.2. The number of carbonyl (C=O) groups is 2. The van der Waals surface area contributed by atoms with Crippen molar-refractivity contribution in [1.29, 1.82) is 0 Å². The molecule has 120 valence electrons. The van der Waals surface area contributed by atoms with Gasteiger partial charge in [0.2, 0.25) is 5.91 Å². The summed E-state index contributed by atoms with van der Waals surface area (Å²) in [6.07, 6.45) is 0. The van der Waals surface area contributed by atoms with Crippen molar-refractivity contribution in [2.24, 2.45) is 0 Å². The number of halogens is 1. The Morgan fingerprint density at radius 3 is 2.35 bits per heavy atom. The lowest BCUT2D eigenvalue weighted by Gasteiger charge is -2.21. The van der Waals surface area contributed by atoms with Gasteiger partial charge in [-0.2, -0.15) is 0 Å². The zero-order valence-electron chi connectivity index (χ0n) is 13.0. The molecule has 0 aliphatic rings. The predicted octanol–water partition coefficient (Wildman–Crippen LogP) is 3.12. The normalized spacial score (nSPS) is 10.2. The molecular formula is C18H19ClN2O2. The molecule has 0 saturated carbocycles. The molecule has 0 heterocycles. The highest BCUT2D eigenvalue weighted by Crippen LogP contribution is 2.16. The number of amides is 2. The van der Waals surface area contributed by atoms with E-state index < -0.39 is 0 Å². The second-order valence-electron chi connectivity index (χ2n) is 5.05. The van der Waals surface area contributed by atoms with Crippen molar-refractivity contribution in [2.45, 2.75) is 13.5 Å². The maximum Gasteiger partial charge on any atom is 0.251 e. The zero-order valence-corrected chi connectivity index (χ0v) is 13.7. The van der Waals surface area contributed by atoms with Crippen molar-refractivity contribution in [3.05, 3.63) is 70.7 Å². The van der Waals surface area contributed by atoms with Crippen LogP contribution in [0, 0.1) is 0 Å². The van der Waals surface area contributed by atoms with Gasteiger partial charge in [0.15, 0.2) is 0 Å². The molecule has 0 unspecified atom stereocenters. The van der Waals surface area contributed by atoms with Crippen LogP contribution in [0.3, 0.4) is 0 Å². The second-order valence-corrected chi connectivity index (χ2v) is 5.46. The third kappa shape index (κ3) is 4.83. The van der Waals surface area contributed by atoms with Gasteiger partial charge in [-0.15, -0.1) is 0 Å². The molecule has 0 radical (unpaired) electrons. The van der Waals surface area contributed by atoms with Crippen LogP contribution >= 0.6 is 11.6 Å². The molecule has 2 aromatic carbocycles. The third-order valence-corrected chi connectivity index (χ3v) is 3.86. The van der Waals surface area contributed by atoms with Gasteiger partial charge in [0, 0.05) is 23.7 Å². The summed E-state index contributed by atoms with van der Waals surface area (Å²) in [5.41, 5.74) is 1.42. The number of carbonyl (C=O) groups excluding carboxylic acids is 2. The molecular weight excluding hydrogens is 312 g/mol. The molecule has 0 spiro atoms. The van der Waals surface area contributed by atoms with Crippen molar-refractivity contribution in [3.8, 4) is 0 Å². The third-order valence-electron chi connectivity index (χ3n) is 3.49. The van der Waals surface area contributed by atoms with E-state index in [0.717, 1.165) is 5.56 Å². The molecule has 0 aliphatic carbocycles. The summed E-state index contributed by atoms with van der Waals surface area (Å²) in [5.74, 6) is -0.399. The first-order valence-corrected chi connectivity index (χ1v) is 7.84. The molecule has 2 aromatic rings. The Bertz CT molecular complexity index is 674. The molecule has 23 heavy (non-hydrogen) atoms. The van der Waals surface area contributed by atoms with Gasteiger partial charge in [0.05, 0.1) is 6.54 Å². The number of nitrogens with one attached hydrogen (secondary N) is 1. The minimum Gasteiger partial charge on any atom is -0.343 e. The summed E-state index contributed by atoms with van der Waals surface area (Å²) in [5, 5.41) is 3.28. The van der Waals surface area contributed by atoms with Crippen molar-refractivity contribution in [2.75, 3.05) is 13.1 Å². The number of benzene rings is 2. The topological polar surface area (TPSA) is 49.4 Å². The minimum atomic E-state index is -0.257. The molecule has 0 aliphatic heterocycles. The Morgan fingerprint density at radius 2 is 1.70 bits per heavy atom. The average molecular weight is 331 g/mol. The van der Waals surface area contributed by atoms with E-state index in [-0.39, 0.29) is 18.4 Å². The SMILES string of the molecule is CCN(Cc1ccccc1Cl)C(=O)CNC(=O)c1ccccc1.